The monoisotopic (exact) mass is 467 g/mol. The molecule has 168 valence electrons. The number of H-pyrrole nitrogens is 1. The molecular weight excluding hydrogens is 450 g/mol. The van der Waals surface area contributed by atoms with Gasteiger partial charge in [0.25, 0.3) is 17.5 Å². The number of nitro benzene ring substituents is 1. The van der Waals surface area contributed by atoms with Gasteiger partial charge in [0.15, 0.2) is 11.5 Å². The summed E-state index contributed by atoms with van der Waals surface area (Å²) in [5.41, 5.74) is 7.01. The van der Waals surface area contributed by atoms with E-state index in [4.69, 9.17) is 9.47 Å². The lowest BCUT2D eigenvalue weighted by atomic mass is 10.1. The molecule has 12 heteroatoms. The second kappa shape index (κ2) is 9.36. The minimum Gasteiger partial charge on any atom is -0.493 e. The largest absolute Gasteiger partial charge is 0.493 e. The molecule has 4 aromatic rings. The van der Waals surface area contributed by atoms with E-state index in [1.807, 2.05) is 6.07 Å². The van der Waals surface area contributed by atoms with Gasteiger partial charge in [-0.05, 0) is 6.07 Å². The number of benzene rings is 2. The van der Waals surface area contributed by atoms with Gasteiger partial charge in [0.2, 0.25) is 0 Å². The van der Waals surface area contributed by atoms with Crippen LogP contribution >= 0.6 is 11.3 Å². The highest BCUT2D eigenvalue weighted by Gasteiger charge is 2.25. The van der Waals surface area contributed by atoms with Crippen molar-refractivity contribution in [3.05, 3.63) is 80.4 Å². The molecule has 2 heterocycles. The Balaban J connectivity index is 1.53. The average molecular weight is 467 g/mol. The lowest BCUT2D eigenvalue weighted by molar-refractivity contribution is -0.385. The van der Waals surface area contributed by atoms with E-state index in [2.05, 4.69) is 20.8 Å². The number of methoxy groups -OCH3 is 1. The van der Waals surface area contributed by atoms with Crippen molar-refractivity contribution in [3.63, 3.8) is 0 Å². The molecule has 0 saturated heterocycles. The normalized spacial score (nSPS) is 10.6. The van der Waals surface area contributed by atoms with Crippen molar-refractivity contribution in [2.24, 2.45) is 0 Å². The highest BCUT2D eigenvalue weighted by molar-refractivity contribution is 7.07. The minimum absolute atomic E-state index is 0.0727. The van der Waals surface area contributed by atoms with Gasteiger partial charge in [-0.2, -0.15) is 0 Å². The van der Waals surface area contributed by atoms with Gasteiger partial charge in [-0.3, -0.25) is 30.6 Å². The summed E-state index contributed by atoms with van der Waals surface area (Å²) in [4.78, 5) is 43.1. The molecule has 4 rings (SSSR count). The number of hydrogen-bond acceptors (Lipinski definition) is 8. The highest BCUT2D eigenvalue weighted by atomic mass is 32.1. The molecule has 0 atom stereocenters. The molecule has 0 aliphatic carbocycles. The molecule has 0 radical (unpaired) electrons. The van der Waals surface area contributed by atoms with Crippen LogP contribution in [0.15, 0.2) is 53.5 Å². The molecule has 11 nitrogen and oxygen atoms in total. The van der Waals surface area contributed by atoms with Gasteiger partial charge in [-0.1, -0.05) is 18.2 Å². The van der Waals surface area contributed by atoms with Crippen LogP contribution in [0.1, 0.15) is 26.4 Å². The van der Waals surface area contributed by atoms with E-state index < -0.39 is 22.4 Å². The minimum atomic E-state index is -0.890. The summed E-state index contributed by atoms with van der Waals surface area (Å²) < 4.78 is 10.8. The zero-order valence-corrected chi connectivity index (χ0v) is 18.0. The van der Waals surface area contributed by atoms with E-state index in [1.54, 1.807) is 29.1 Å². The first-order valence-corrected chi connectivity index (χ1v) is 10.4. The summed E-state index contributed by atoms with van der Waals surface area (Å²) >= 11 is 1.39. The lowest BCUT2D eigenvalue weighted by Gasteiger charge is -2.13. The van der Waals surface area contributed by atoms with Crippen LogP contribution in [0.2, 0.25) is 0 Å². The summed E-state index contributed by atoms with van der Waals surface area (Å²) in [6.45, 7) is 0.0727. The maximum Gasteiger partial charge on any atom is 0.286 e. The molecule has 0 spiro atoms. The number of hydrazine groups is 1. The summed E-state index contributed by atoms with van der Waals surface area (Å²) in [5.74, 6) is -1.28. The van der Waals surface area contributed by atoms with Crippen LogP contribution in [-0.4, -0.2) is 33.8 Å². The third kappa shape index (κ3) is 4.60. The van der Waals surface area contributed by atoms with E-state index in [0.717, 1.165) is 11.6 Å². The molecule has 3 N–H and O–H groups in total. The molecule has 2 aromatic heterocycles. The predicted molar refractivity (Wildman–Crippen MR) is 119 cm³/mol. The van der Waals surface area contributed by atoms with E-state index >= 15 is 0 Å². The summed E-state index contributed by atoms with van der Waals surface area (Å²) in [7, 11) is 1.34. The topological polar surface area (TPSA) is 148 Å². The number of nitro groups is 1. The number of thiazole rings is 1. The zero-order valence-electron chi connectivity index (χ0n) is 17.2. The van der Waals surface area contributed by atoms with Crippen LogP contribution in [0.4, 0.5) is 5.69 Å². The number of nitrogens with zero attached hydrogens (tertiary/aromatic N) is 2. The van der Waals surface area contributed by atoms with Crippen molar-refractivity contribution in [2.45, 2.75) is 6.61 Å². The Morgan fingerprint density at radius 1 is 1.15 bits per heavy atom. The maximum atomic E-state index is 12.7. The smallest absolute Gasteiger partial charge is 0.286 e. The standard InChI is InChI=1S/C21H17N5O6S/c1-31-18-6-14(17(26(29)30)7-19(18)32-9-12-10-33-11-23-12)20(27)24-25-21(28)15-8-22-16-5-3-2-4-13(15)16/h2-8,10-11,22H,9H2,1H3,(H,24,27)(H,25,28). The lowest BCUT2D eigenvalue weighted by Crippen LogP contribution is -2.41. The number of hydrogen-bond donors (Lipinski definition) is 3. The van der Waals surface area contributed by atoms with Gasteiger partial charge >= 0.3 is 0 Å². The van der Waals surface area contributed by atoms with Crippen molar-refractivity contribution in [2.75, 3.05) is 7.11 Å². The summed E-state index contributed by atoms with van der Waals surface area (Å²) in [6, 6.07) is 9.43. The summed E-state index contributed by atoms with van der Waals surface area (Å²) in [5, 5.41) is 14.1. The Bertz CT molecular complexity index is 1330. The number of aromatic amines is 1. The van der Waals surface area contributed by atoms with E-state index in [0.29, 0.717) is 16.6 Å². The maximum absolute atomic E-state index is 12.7. The van der Waals surface area contributed by atoms with E-state index in [9.17, 15) is 19.7 Å². The Morgan fingerprint density at radius 2 is 1.91 bits per heavy atom. The van der Waals surface area contributed by atoms with Gasteiger partial charge in [0.1, 0.15) is 12.2 Å². The molecule has 2 amide bonds. The van der Waals surface area contributed by atoms with Crippen LogP contribution in [-0.2, 0) is 6.61 Å². The first-order chi connectivity index (χ1) is 16.0. The zero-order chi connectivity index (χ0) is 23.4. The second-order valence-corrected chi connectivity index (χ2v) is 7.42. The second-order valence-electron chi connectivity index (χ2n) is 6.70. The van der Waals surface area contributed by atoms with Crippen LogP contribution in [0.5, 0.6) is 11.5 Å². The van der Waals surface area contributed by atoms with Gasteiger partial charge in [-0.15, -0.1) is 11.3 Å². The molecule has 0 unspecified atom stereocenters. The quantitative estimate of drug-likeness (QED) is 0.279. The first kappa shape index (κ1) is 21.8. The number of ether oxygens (including phenoxy) is 2. The molecule has 0 bridgehead atoms. The third-order valence-corrected chi connectivity index (χ3v) is 5.34. The number of amides is 2. The Labute approximate surface area is 190 Å². The fourth-order valence-corrected chi connectivity index (χ4v) is 3.67. The number of aromatic nitrogens is 2. The van der Waals surface area contributed by atoms with Crippen LogP contribution < -0.4 is 20.3 Å². The van der Waals surface area contributed by atoms with Gasteiger partial charge < -0.3 is 14.5 Å². The average Bonchev–Trinajstić information content (AvgIpc) is 3.50. The number of nitrogens with one attached hydrogen (secondary N) is 3. The SMILES string of the molecule is COc1cc(C(=O)NNC(=O)c2c[nH]c3ccccc23)c([N+](=O)[O-])cc1OCc1cscn1. The fraction of sp³-hybridized carbons (Fsp3) is 0.0952. The van der Waals surface area contributed by atoms with Crippen molar-refractivity contribution in [3.8, 4) is 11.5 Å². The third-order valence-electron chi connectivity index (χ3n) is 4.71. The van der Waals surface area contributed by atoms with Crippen LogP contribution in [0.25, 0.3) is 10.9 Å². The van der Waals surface area contributed by atoms with Gasteiger partial charge in [0.05, 0.1) is 34.9 Å². The van der Waals surface area contributed by atoms with Crippen molar-refractivity contribution >= 4 is 39.7 Å². The Hall–Kier alpha value is -4.45. The Morgan fingerprint density at radius 3 is 2.61 bits per heavy atom. The number of rotatable bonds is 7. The molecule has 2 aromatic carbocycles. The molecular formula is C21H17N5O6S. The molecule has 0 fully saturated rings. The van der Waals surface area contributed by atoms with Crippen LogP contribution in [0.3, 0.4) is 0 Å². The number of fused-ring (bicyclic) bond motifs is 1. The first-order valence-electron chi connectivity index (χ1n) is 9.51. The number of carbonyl (C=O) groups is 2. The molecule has 0 aliphatic rings. The molecule has 0 aliphatic heterocycles. The number of carbonyl (C=O) groups excluding carboxylic acids is 2. The molecule has 0 saturated carbocycles. The van der Waals surface area contributed by atoms with Gasteiger partial charge in [0, 0.05) is 28.5 Å². The van der Waals surface area contributed by atoms with Gasteiger partial charge in [-0.25, -0.2) is 4.98 Å². The van der Waals surface area contributed by atoms with Crippen molar-refractivity contribution in [1.82, 2.24) is 20.8 Å². The highest BCUT2D eigenvalue weighted by Crippen LogP contribution is 2.35. The Kier molecular flexibility index (Phi) is 6.17. The number of para-hydroxylation sites is 1. The molecule has 33 heavy (non-hydrogen) atoms. The predicted octanol–water partition coefficient (Wildman–Crippen LogP) is 3.20. The van der Waals surface area contributed by atoms with Crippen LogP contribution in [0, 0.1) is 10.1 Å². The van der Waals surface area contributed by atoms with E-state index in [1.165, 1.54) is 30.7 Å². The fourth-order valence-electron chi connectivity index (χ4n) is 3.12. The van der Waals surface area contributed by atoms with E-state index in [-0.39, 0.29) is 23.7 Å². The summed E-state index contributed by atoms with van der Waals surface area (Å²) in [6.07, 6.45) is 1.51. The van der Waals surface area contributed by atoms with Crippen molar-refractivity contribution in [1.29, 1.82) is 0 Å². The van der Waals surface area contributed by atoms with Crippen molar-refractivity contribution < 1.29 is 24.0 Å².